The number of para-hydroxylation sites is 2. The predicted molar refractivity (Wildman–Crippen MR) is 129 cm³/mol. The van der Waals surface area contributed by atoms with Gasteiger partial charge in [-0.3, -0.25) is 9.98 Å². The molecule has 0 aliphatic heterocycles. The lowest BCUT2D eigenvalue weighted by molar-refractivity contribution is 0.867. The summed E-state index contributed by atoms with van der Waals surface area (Å²) in [6.07, 6.45) is 0. The van der Waals surface area contributed by atoms with Crippen molar-refractivity contribution < 1.29 is 0 Å². The minimum absolute atomic E-state index is 0.456. The Morgan fingerprint density at radius 2 is 1.00 bits per heavy atom. The van der Waals surface area contributed by atoms with Gasteiger partial charge in [0.15, 0.2) is 0 Å². The summed E-state index contributed by atoms with van der Waals surface area (Å²) in [6, 6.07) is 21.1. The molecule has 0 saturated carbocycles. The third kappa shape index (κ3) is 5.10. The summed E-state index contributed by atoms with van der Waals surface area (Å²) in [7, 11) is 0. The maximum absolute atomic E-state index is 4.93. The maximum atomic E-state index is 4.93. The molecule has 0 fully saturated rings. The van der Waals surface area contributed by atoms with Gasteiger partial charge >= 0.3 is 0 Å². The Balaban J connectivity index is 1.89. The fourth-order valence-corrected chi connectivity index (χ4v) is 4.25. The minimum atomic E-state index is 0.456. The zero-order valence-electron chi connectivity index (χ0n) is 18.2. The molecule has 0 spiro atoms. The summed E-state index contributed by atoms with van der Waals surface area (Å²) in [5.74, 6) is 0.911. The fourth-order valence-electron chi connectivity index (χ4n) is 3.35. The third-order valence-electron chi connectivity index (χ3n) is 5.01. The van der Waals surface area contributed by atoms with E-state index in [-0.39, 0.29) is 0 Å². The monoisotopic (exact) mass is 402 g/mol. The molecule has 2 nitrogen and oxygen atoms in total. The molecule has 29 heavy (non-hydrogen) atoms. The van der Waals surface area contributed by atoms with E-state index in [2.05, 4.69) is 102 Å². The zero-order valence-corrected chi connectivity index (χ0v) is 19.0. The molecule has 0 radical (unpaired) electrons. The van der Waals surface area contributed by atoms with Crippen LogP contribution >= 0.6 is 11.3 Å². The Morgan fingerprint density at radius 3 is 1.38 bits per heavy atom. The Kier molecular flexibility index (Phi) is 6.81. The average Bonchev–Trinajstić information content (AvgIpc) is 3.19. The quantitative estimate of drug-likeness (QED) is 0.371. The van der Waals surface area contributed by atoms with E-state index in [1.54, 1.807) is 11.3 Å². The molecule has 0 bridgehead atoms. The molecule has 0 aliphatic carbocycles. The number of benzene rings is 2. The van der Waals surface area contributed by atoms with Crippen LogP contribution in [-0.2, 0) is 0 Å². The highest BCUT2D eigenvalue weighted by molar-refractivity contribution is 7.16. The van der Waals surface area contributed by atoms with Crippen LogP contribution in [0, 0.1) is 0 Å². The average molecular weight is 403 g/mol. The van der Waals surface area contributed by atoms with E-state index in [0.29, 0.717) is 11.8 Å². The van der Waals surface area contributed by atoms with E-state index in [9.17, 15) is 0 Å². The Bertz CT molecular complexity index is 956. The van der Waals surface area contributed by atoms with Gasteiger partial charge in [-0.05, 0) is 61.1 Å². The number of thiophene rings is 1. The molecule has 1 aromatic heterocycles. The van der Waals surface area contributed by atoms with E-state index in [0.717, 1.165) is 22.8 Å². The Morgan fingerprint density at radius 1 is 0.621 bits per heavy atom. The first kappa shape index (κ1) is 21.2. The zero-order chi connectivity index (χ0) is 21.0. The number of nitrogens with zero attached hydrogens (tertiary/aromatic N) is 2. The summed E-state index contributed by atoms with van der Waals surface area (Å²) >= 11 is 1.75. The summed E-state index contributed by atoms with van der Waals surface area (Å²) in [5, 5.41) is 0. The van der Waals surface area contributed by atoms with Crippen LogP contribution in [0.1, 0.15) is 74.3 Å². The molecule has 0 aliphatic rings. The van der Waals surface area contributed by atoms with Crippen LogP contribution in [0.15, 0.2) is 70.6 Å². The first-order valence-electron chi connectivity index (χ1n) is 10.3. The van der Waals surface area contributed by atoms with Crippen molar-refractivity contribution in [2.75, 3.05) is 0 Å². The normalized spacial score (nSPS) is 12.8. The van der Waals surface area contributed by atoms with Crippen LogP contribution in [0.4, 0.5) is 11.4 Å². The molecule has 0 atom stereocenters. The molecular formula is C26H30N2S. The second-order valence-corrected chi connectivity index (χ2v) is 9.07. The lowest BCUT2D eigenvalue weighted by Crippen LogP contribution is -1.94. The maximum Gasteiger partial charge on any atom is 0.0668 e. The molecule has 150 valence electrons. The van der Waals surface area contributed by atoms with Crippen molar-refractivity contribution in [2.24, 2.45) is 9.98 Å². The van der Waals surface area contributed by atoms with E-state index in [1.807, 2.05) is 0 Å². The van der Waals surface area contributed by atoms with E-state index in [1.165, 1.54) is 20.9 Å². The van der Waals surface area contributed by atoms with Crippen LogP contribution < -0.4 is 0 Å². The van der Waals surface area contributed by atoms with Gasteiger partial charge in [0, 0.05) is 9.75 Å². The van der Waals surface area contributed by atoms with Gasteiger partial charge in [0.25, 0.3) is 0 Å². The van der Waals surface area contributed by atoms with Gasteiger partial charge in [0.2, 0.25) is 0 Å². The first-order valence-corrected chi connectivity index (χ1v) is 11.1. The van der Waals surface area contributed by atoms with Crippen molar-refractivity contribution in [2.45, 2.75) is 53.4 Å². The van der Waals surface area contributed by atoms with Gasteiger partial charge in [-0.2, -0.15) is 0 Å². The molecule has 3 aromatic rings. The molecule has 2 aromatic carbocycles. The van der Waals surface area contributed by atoms with Crippen LogP contribution in [-0.4, -0.2) is 11.4 Å². The predicted octanol–water partition coefficient (Wildman–Crippen LogP) is 8.28. The molecular weight excluding hydrogens is 372 g/mol. The highest BCUT2D eigenvalue weighted by Gasteiger charge is 2.10. The van der Waals surface area contributed by atoms with Crippen molar-refractivity contribution in [3.8, 4) is 0 Å². The summed E-state index contributed by atoms with van der Waals surface area (Å²) in [6.45, 7) is 13.0. The van der Waals surface area contributed by atoms with Gasteiger partial charge in [0.05, 0.1) is 22.8 Å². The second kappa shape index (κ2) is 9.32. The molecule has 0 N–H and O–H groups in total. The molecule has 1 heterocycles. The summed E-state index contributed by atoms with van der Waals surface area (Å²) in [4.78, 5) is 12.2. The molecule has 0 unspecified atom stereocenters. The summed E-state index contributed by atoms with van der Waals surface area (Å²) in [5.41, 5.74) is 6.78. The number of rotatable bonds is 6. The first-order chi connectivity index (χ1) is 13.9. The fraction of sp³-hybridized carbons (Fsp3) is 0.308. The molecule has 0 amide bonds. The summed E-state index contributed by atoms with van der Waals surface area (Å²) < 4.78 is 0. The lowest BCUT2D eigenvalue weighted by Gasteiger charge is -2.09. The van der Waals surface area contributed by atoms with Crippen molar-refractivity contribution in [1.29, 1.82) is 0 Å². The van der Waals surface area contributed by atoms with E-state index in [4.69, 9.17) is 9.98 Å². The van der Waals surface area contributed by atoms with Gasteiger partial charge < -0.3 is 0 Å². The van der Waals surface area contributed by atoms with Crippen molar-refractivity contribution in [3.05, 3.63) is 81.5 Å². The molecule has 3 rings (SSSR count). The topological polar surface area (TPSA) is 24.7 Å². The van der Waals surface area contributed by atoms with Gasteiger partial charge in [-0.15, -0.1) is 11.3 Å². The number of hydrogen-bond donors (Lipinski definition) is 0. The van der Waals surface area contributed by atoms with E-state index >= 15 is 0 Å². The van der Waals surface area contributed by atoms with Crippen molar-refractivity contribution >= 4 is 34.1 Å². The standard InChI is InChI=1S/C26H30N2S/c1-17(2)21-11-7-9-13-23(21)27-19(5)25-15-16-26(29-25)20(6)28-24-14-10-8-12-22(24)18(3)4/h7-18H,1-6H3/b27-19+,28-20+. The van der Waals surface area contributed by atoms with Gasteiger partial charge in [-0.25, -0.2) is 0 Å². The van der Waals surface area contributed by atoms with Gasteiger partial charge in [-0.1, -0.05) is 64.1 Å². The second-order valence-electron chi connectivity index (χ2n) is 7.99. The van der Waals surface area contributed by atoms with Gasteiger partial charge in [0.1, 0.15) is 0 Å². The molecule has 0 saturated heterocycles. The van der Waals surface area contributed by atoms with Crippen molar-refractivity contribution in [1.82, 2.24) is 0 Å². The van der Waals surface area contributed by atoms with Crippen LogP contribution in [0.5, 0.6) is 0 Å². The molecule has 3 heteroatoms. The Hall–Kier alpha value is -2.52. The highest BCUT2D eigenvalue weighted by Crippen LogP contribution is 2.30. The number of hydrogen-bond acceptors (Lipinski definition) is 3. The largest absolute Gasteiger partial charge is 0.252 e. The lowest BCUT2D eigenvalue weighted by atomic mass is 10.0. The van der Waals surface area contributed by atoms with Crippen LogP contribution in [0.25, 0.3) is 0 Å². The van der Waals surface area contributed by atoms with Crippen LogP contribution in [0.2, 0.25) is 0 Å². The highest BCUT2D eigenvalue weighted by atomic mass is 32.1. The third-order valence-corrected chi connectivity index (χ3v) is 6.32. The van der Waals surface area contributed by atoms with Crippen LogP contribution in [0.3, 0.4) is 0 Å². The SMILES string of the molecule is C/C(=N\c1ccccc1C(C)C)c1ccc(/C(C)=N/c2ccccc2C(C)C)s1. The minimum Gasteiger partial charge on any atom is -0.252 e. The van der Waals surface area contributed by atoms with E-state index < -0.39 is 0 Å². The number of aliphatic imine (C=N–C) groups is 2. The smallest absolute Gasteiger partial charge is 0.0668 e. The van der Waals surface area contributed by atoms with Crippen molar-refractivity contribution in [3.63, 3.8) is 0 Å². The Labute approximate surface area is 179 Å².